The van der Waals surface area contributed by atoms with E-state index in [1.807, 2.05) is 36.4 Å². The Bertz CT molecular complexity index is 928. The monoisotopic (exact) mass is 367 g/mol. The fourth-order valence-electron chi connectivity index (χ4n) is 3.72. The molecule has 3 aromatic rings. The Hall–Kier alpha value is -2.83. The lowest BCUT2D eigenvalue weighted by Crippen LogP contribution is -2.38. The maximum Gasteiger partial charge on any atom is 0.274 e. The first-order chi connectivity index (χ1) is 13.0. The lowest BCUT2D eigenvalue weighted by atomic mass is 9.95. The van der Waals surface area contributed by atoms with E-state index >= 15 is 0 Å². The van der Waals surface area contributed by atoms with E-state index in [1.165, 1.54) is 0 Å². The highest BCUT2D eigenvalue weighted by atomic mass is 16.3. The number of hydrogen-bond donors (Lipinski definition) is 1. The van der Waals surface area contributed by atoms with Crippen LogP contribution < -0.4 is 0 Å². The number of H-pyrrole nitrogens is 1. The topological polar surface area (TPSA) is 80.0 Å². The van der Waals surface area contributed by atoms with Gasteiger partial charge in [0.15, 0.2) is 11.5 Å². The van der Waals surface area contributed by atoms with E-state index < -0.39 is 0 Å². The molecule has 0 aromatic carbocycles. The summed E-state index contributed by atoms with van der Waals surface area (Å²) in [4.78, 5) is 19.3. The molecule has 1 fully saturated rings. The van der Waals surface area contributed by atoms with Crippen LogP contribution in [-0.2, 0) is 0 Å². The van der Waals surface area contributed by atoms with Gasteiger partial charge in [0.25, 0.3) is 5.91 Å². The van der Waals surface area contributed by atoms with Crippen molar-refractivity contribution in [3.05, 3.63) is 47.9 Å². The van der Waals surface area contributed by atoms with Gasteiger partial charge in [-0.05, 0) is 45.7 Å². The minimum atomic E-state index is -0.0357. The van der Waals surface area contributed by atoms with Crippen LogP contribution in [0, 0.1) is 6.92 Å². The number of piperidine rings is 1. The summed E-state index contributed by atoms with van der Waals surface area (Å²) in [6.07, 6.45) is 5.75. The summed E-state index contributed by atoms with van der Waals surface area (Å²) in [5, 5.41) is 7.09. The van der Waals surface area contributed by atoms with Crippen LogP contribution in [0.3, 0.4) is 0 Å². The zero-order valence-corrected chi connectivity index (χ0v) is 16.0. The maximum atomic E-state index is 12.8. The van der Waals surface area contributed by atoms with E-state index in [1.54, 1.807) is 6.07 Å². The molecule has 0 unspecified atom stereocenters. The molecule has 7 nitrogen and oxygen atoms in total. The molecule has 4 heterocycles. The Kier molecular flexibility index (Phi) is 4.59. The van der Waals surface area contributed by atoms with E-state index in [-0.39, 0.29) is 5.91 Å². The number of aromatic amines is 1. The van der Waals surface area contributed by atoms with Crippen molar-refractivity contribution in [1.82, 2.24) is 24.6 Å². The second-order valence-corrected chi connectivity index (χ2v) is 7.43. The van der Waals surface area contributed by atoms with Gasteiger partial charge in [-0.3, -0.25) is 9.89 Å². The van der Waals surface area contributed by atoms with E-state index in [9.17, 15) is 4.79 Å². The van der Waals surface area contributed by atoms with Crippen molar-refractivity contribution < 1.29 is 9.21 Å². The molecule has 0 atom stereocenters. The molecule has 27 heavy (non-hydrogen) atoms. The Balaban J connectivity index is 1.42. The Morgan fingerprint density at radius 1 is 1.30 bits per heavy atom. The summed E-state index contributed by atoms with van der Waals surface area (Å²) in [5.41, 5.74) is 1.15. The number of likely N-dealkylation sites (tertiary alicyclic amines) is 1. The van der Waals surface area contributed by atoms with Gasteiger partial charge >= 0.3 is 0 Å². The summed E-state index contributed by atoms with van der Waals surface area (Å²) in [5.74, 6) is 3.01. The van der Waals surface area contributed by atoms with Gasteiger partial charge in [0, 0.05) is 43.5 Å². The number of imidazole rings is 1. The van der Waals surface area contributed by atoms with Crippen molar-refractivity contribution in [3.8, 4) is 11.5 Å². The molecule has 0 bridgehead atoms. The molecule has 0 radical (unpaired) electrons. The minimum absolute atomic E-state index is 0.0357. The molecule has 1 amide bonds. The summed E-state index contributed by atoms with van der Waals surface area (Å²) in [7, 11) is 0. The number of rotatable bonds is 4. The Morgan fingerprint density at radius 2 is 2.07 bits per heavy atom. The molecular weight excluding hydrogens is 342 g/mol. The molecule has 3 aromatic heterocycles. The predicted molar refractivity (Wildman–Crippen MR) is 102 cm³/mol. The molecule has 1 aliphatic heterocycles. The van der Waals surface area contributed by atoms with Crippen LogP contribution in [0.5, 0.6) is 0 Å². The number of nitrogens with zero attached hydrogens (tertiary/aromatic N) is 4. The van der Waals surface area contributed by atoms with Gasteiger partial charge in [-0.25, -0.2) is 4.98 Å². The van der Waals surface area contributed by atoms with Gasteiger partial charge < -0.3 is 13.9 Å². The maximum absolute atomic E-state index is 12.8. The normalized spacial score (nSPS) is 15.6. The SMILES string of the molecule is Cc1ccc(-c2cc(C(=O)N3CCC(c4nccn4C(C)C)CC3)n[nH]2)o1. The number of carbonyl (C=O) groups excluding carboxylic acids is 1. The molecule has 7 heteroatoms. The van der Waals surface area contributed by atoms with Gasteiger partial charge in [0.2, 0.25) is 0 Å². The standard InChI is InChI=1S/C20H25N5O2/c1-13(2)25-11-8-21-19(25)15-6-9-24(10-7-15)20(26)17-12-16(22-23-17)18-5-4-14(3)27-18/h4-5,8,11-13,15H,6-7,9-10H2,1-3H3,(H,22,23). The number of carbonyl (C=O) groups is 1. The van der Waals surface area contributed by atoms with Crippen molar-refractivity contribution in [3.63, 3.8) is 0 Å². The molecule has 0 aliphatic carbocycles. The smallest absolute Gasteiger partial charge is 0.274 e. The summed E-state index contributed by atoms with van der Waals surface area (Å²) >= 11 is 0. The largest absolute Gasteiger partial charge is 0.460 e. The second kappa shape index (κ2) is 7.06. The minimum Gasteiger partial charge on any atom is -0.460 e. The lowest BCUT2D eigenvalue weighted by Gasteiger charge is -2.32. The zero-order chi connectivity index (χ0) is 19.0. The first-order valence-corrected chi connectivity index (χ1v) is 9.47. The average Bonchev–Trinajstić information content (AvgIpc) is 3.41. The number of furan rings is 1. The molecule has 1 saturated heterocycles. The van der Waals surface area contributed by atoms with Crippen LogP contribution in [0.15, 0.2) is 35.0 Å². The van der Waals surface area contributed by atoms with Gasteiger partial charge in [-0.1, -0.05) is 0 Å². The second-order valence-electron chi connectivity index (χ2n) is 7.43. The number of hydrogen-bond acceptors (Lipinski definition) is 4. The number of nitrogens with one attached hydrogen (secondary N) is 1. The molecule has 4 rings (SSSR count). The molecule has 1 aliphatic rings. The van der Waals surface area contributed by atoms with Crippen molar-refractivity contribution >= 4 is 5.91 Å². The van der Waals surface area contributed by atoms with Crippen molar-refractivity contribution in [1.29, 1.82) is 0 Å². The van der Waals surface area contributed by atoms with Crippen molar-refractivity contribution in [2.24, 2.45) is 0 Å². The predicted octanol–water partition coefficient (Wildman–Crippen LogP) is 3.78. The van der Waals surface area contributed by atoms with Crippen LogP contribution in [0.1, 0.15) is 60.7 Å². The number of aryl methyl sites for hydroxylation is 1. The third-order valence-electron chi connectivity index (χ3n) is 5.21. The molecule has 0 spiro atoms. The molecular formula is C20H25N5O2. The fraction of sp³-hybridized carbons (Fsp3) is 0.450. The highest BCUT2D eigenvalue weighted by Gasteiger charge is 2.28. The third-order valence-corrected chi connectivity index (χ3v) is 5.21. The first-order valence-electron chi connectivity index (χ1n) is 9.47. The Morgan fingerprint density at radius 3 is 2.74 bits per heavy atom. The van der Waals surface area contributed by atoms with E-state index in [2.05, 4.69) is 33.6 Å². The molecule has 142 valence electrons. The quantitative estimate of drug-likeness (QED) is 0.761. The van der Waals surface area contributed by atoms with Gasteiger partial charge in [-0.15, -0.1) is 0 Å². The van der Waals surface area contributed by atoms with Gasteiger partial charge in [0.05, 0.1) is 0 Å². The van der Waals surface area contributed by atoms with Crippen molar-refractivity contribution in [2.75, 3.05) is 13.1 Å². The Labute approximate surface area is 158 Å². The van der Waals surface area contributed by atoms with Crippen molar-refractivity contribution in [2.45, 2.75) is 45.6 Å². The van der Waals surface area contributed by atoms with E-state index in [0.717, 1.165) is 43.2 Å². The highest BCUT2D eigenvalue weighted by molar-refractivity contribution is 5.93. The highest BCUT2D eigenvalue weighted by Crippen LogP contribution is 2.29. The van der Waals surface area contributed by atoms with E-state index in [4.69, 9.17) is 4.42 Å². The van der Waals surface area contributed by atoms with Crippen LogP contribution >= 0.6 is 0 Å². The summed E-state index contributed by atoms with van der Waals surface area (Å²) in [6, 6.07) is 5.93. The van der Waals surface area contributed by atoms with Crippen LogP contribution in [0.4, 0.5) is 0 Å². The average molecular weight is 367 g/mol. The third kappa shape index (κ3) is 3.41. The molecule has 0 saturated carbocycles. The summed E-state index contributed by atoms with van der Waals surface area (Å²) in [6.45, 7) is 7.66. The van der Waals surface area contributed by atoms with E-state index in [0.29, 0.717) is 23.4 Å². The summed E-state index contributed by atoms with van der Waals surface area (Å²) < 4.78 is 7.82. The van der Waals surface area contributed by atoms with Crippen LogP contribution in [-0.4, -0.2) is 43.6 Å². The van der Waals surface area contributed by atoms with Crippen LogP contribution in [0.25, 0.3) is 11.5 Å². The lowest BCUT2D eigenvalue weighted by molar-refractivity contribution is 0.0704. The van der Waals surface area contributed by atoms with Gasteiger partial charge in [-0.2, -0.15) is 5.10 Å². The zero-order valence-electron chi connectivity index (χ0n) is 16.0. The molecule has 1 N–H and O–H groups in total. The van der Waals surface area contributed by atoms with Gasteiger partial charge in [0.1, 0.15) is 17.3 Å². The fourth-order valence-corrected chi connectivity index (χ4v) is 3.72. The van der Waals surface area contributed by atoms with Crippen LogP contribution in [0.2, 0.25) is 0 Å². The number of amides is 1. The number of aromatic nitrogens is 4. The first kappa shape index (κ1) is 17.6.